The van der Waals surface area contributed by atoms with E-state index in [1.807, 2.05) is 30.3 Å². The topological polar surface area (TPSA) is 89.5 Å². The summed E-state index contributed by atoms with van der Waals surface area (Å²) in [5.41, 5.74) is 1.73. The predicted octanol–water partition coefficient (Wildman–Crippen LogP) is 4.45. The van der Waals surface area contributed by atoms with Gasteiger partial charge in [0.05, 0.1) is 32.4 Å². The van der Waals surface area contributed by atoms with Gasteiger partial charge in [0, 0.05) is 11.5 Å². The molecule has 0 amide bonds. The monoisotopic (exact) mass is 476 g/mol. The van der Waals surface area contributed by atoms with E-state index in [9.17, 15) is 17.2 Å². The molecule has 1 aliphatic heterocycles. The molecule has 1 aliphatic rings. The minimum Gasteiger partial charge on any atom is -0.378 e. The highest BCUT2D eigenvalue weighted by molar-refractivity contribution is 8.14. The Hall–Kier alpha value is -2.06. The molecular weight excluding hydrogens is 458 g/mol. The largest absolute Gasteiger partial charge is 0.378 e. The van der Waals surface area contributed by atoms with Crippen LogP contribution in [0.25, 0.3) is 0 Å². The standard InChI is InChI=1S/C19H18F2O8S2/c1-24-28-29-30-19(17(20)21)31(22,23)27-16-9-7-14(8-10-16)18-25-11-15(12-26-18)13-5-3-2-4-6-13/h2-10,15,18H,11-12H2,1H3. The Balaban J connectivity index is 1.60. The van der Waals surface area contributed by atoms with E-state index in [0.29, 0.717) is 18.8 Å². The van der Waals surface area contributed by atoms with Crippen molar-refractivity contribution >= 4 is 22.2 Å². The molecular formula is C19H18F2O8S2. The number of halogens is 2. The van der Waals surface area contributed by atoms with Gasteiger partial charge in [0.15, 0.2) is 6.29 Å². The first-order valence-electron chi connectivity index (χ1n) is 8.82. The summed E-state index contributed by atoms with van der Waals surface area (Å²) in [5.74, 6) is -0.0819. The zero-order chi connectivity index (χ0) is 22.3. The van der Waals surface area contributed by atoms with Crippen LogP contribution in [-0.4, -0.2) is 28.7 Å². The van der Waals surface area contributed by atoms with E-state index in [2.05, 4.69) is 14.3 Å². The summed E-state index contributed by atoms with van der Waals surface area (Å²) in [6, 6.07) is 15.5. The van der Waals surface area contributed by atoms with Crippen molar-refractivity contribution in [1.82, 2.24) is 0 Å². The van der Waals surface area contributed by atoms with Crippen molar-refractivity contribution in [2.75, 3.05) is 20.3 Å². The van der Waals surface area contributed by atoms with Crippen molar-refractivity contribution in [2.24, 2.45) is 0 Å². The third kappa shape index (κ3) is 6.46. The molecule has 1 fully saturated rings. The van der Waals surface area contributed by atoms with E-state index >= 15 is 0 Å². The zero-order valence-corrected chi connectivity index (χ0v) is 17.7. The van der Waals surface area contributed by atoms with Crippen LogP contribution in [-0.2, 0) is 33.9 Å². The van der Waals surface area contributed by atoms with Gasteiger partial charge >= 0.3 is 16.2 Å². The van der Waals surface area contributed by atoms with E-state index in [1.165, 1.54) is 24.3 Å². The predicted molar refractivity (Wildman–Crippen MR) is 106 cm³/mol. The van der Waals surface area contributed by atoms with E-state index in [4.69, 9.17) is 13.7 Å². The van der Waals surface area contributed by atoms with Crippen molar-refractivity contribution in [2.45, 2.75) is 12.2 Å². The molecule has 0 N–H and O–H groups in total. The molecule has 168 valence electrons. The van der Waals surface area contributed by atoms with E-state index in [-0.39, 0.29) is 23.7 Å². The fourth-order valence-electron chi connectivity index (χ4n) is 2.70. The quantitative estimate of drug-likeness (QED) is 0.171. The van der Waals surface area contributed by atoms with E-state index in [1.54, 1.807) is 0 Å². The van der Waals surface area contributed by atoms with Gasteiger partial charge in [-0.3, -0.25) is 0 Å². The van der Waals surface area contributed by atoms with Gasteiger partial charge in [-0.2, -0.15) is 17.2 Å². The molecule has 0 aliphatic carbocycles. The van der Waals surface area contributed by atoms with Crippen LogP contribution < -0.4 is 4.18 Å². The molecule has 0 spiro atoms. The second kappa shape index (κ2) is 11.0. The average molecular weight is 476 g/mol. The summed E-state index contributed by atoms with van der Waals surface area (Å²) in [5, 5.41) is 3.93. The van der Waals surface area contributed by atoms with E-state index in [0.717, 1.165) is 12.7 Å². The smallest absolute Gasteiger partial charge is 0.353 e. The lowest BCUT2D eigenvalue weighted by atomic mass is 10.0. The van der Waals surface area contributed by atoms with Crippen LogP contribution in [0.2, 0.25) is 0 Å². The Bertz CT molecular complexity index is 972. The first-order valence-corrected chi connectivity index (χ1v) is 11.0. The van der Waals surface area contributed by atoms with Crippen molar-refractivity contribution < 1.29 is 45.1 Å². The number of ether oxygens (including phenoxy) is 2. The van der Waals surface area contributed by atoms with Crippen LogP contribution in [0.1, 0.15) is 23.3 Å². The van der Waals surface area contributed by atoms with Gasteiger partial charge in [-0.25, -0.2) is 4.89 Å². The normalized spacial score (nSPS) is 19.1. The molecule has 0 radical (unpaired) electrons. The van der Waals surface area contributed by atoms with Gasteiger partial charge in [-0.15, -0.1) is 4.33 Å². The molecule has 8 nitrogen and oxygen atoms in total. The van der Waals surface area contributed by atoms with Gasteiger partial charge in [-0.1, -0.05) is 47.5 Å². The molecule has 31 heavy (non-hydrogen) atoms. The van der Waals surface area contributed by atoms with Crippen LogP contribution in [0.3, 0.4) is 0 Å². The third-order valence-electron chi connectivity index (χ3n) is 4.11. The Kier molecular flexibility index (Phi) is 8.37. The molecule has 2 aromatic carbocycles. The Morgan fingerprint density at radius 1 is 1.00 bits per heavy atom. The zero-order valence-electron chi connectivity index (χ0n) is 16.1. The maximum atomic E-state index is 13.0. The summed E-state index contributed by atoms with van der Waals surface area (Å²) < 4.78 is 69.0. The van der Waals surface area contributed by atoms with Crippen LogP contribution in [0.15, 0.2) is 64.9 Å². The number of rotatable bonds is 9. The van der Waals surface area contributed by atoms with Crippen LogP contribution in [0, 0.1) is 0 Å². The summed E-state index contributed by atoms with van der Waals surface area (Å²) in [6.45, 7) is 0.901. The maximum absolute atomic E-state index is 13.0. The second-order valence-electron chi connectivity index (χ2n) is 6.15. The molecule has 1 heterocycles. The Morgan fingerprint density at radius 2 is 1.65 bits per heavy atom. The lowest BCUT2D eigenvalue weighted by molar-refractivity contribution is -0.447. The molecule has 2 aromatic rings. The molecule has 0 bridgehead atoms. The summed E-state index contributed by atoms with van der Waals surface area (Å²) in [6.07, 6.45) is -3.17. The molecule has 0 atom stereocenters. The lowest BCUT2D eigenvalue weighted by Crippen LogP contribution is -2.25. The fourth-order valence-corrected chi connectivity index (χ4v) is 4.05. The van der Waals surface area contributed by atoms with Gasteiger partial charge in [0.2, 0.25) is 4.24 Å². The fraction of sp³-hybridized carbons (Fsp3) is 0.263. The van der Waals surface area contributed by atoms with E-state index < -0.39 is 26.7 Å². The summed E-state index contributed by atoms with van der Waals surface area (Å²) in [7, 11) is -3.82. The summed E-state index contributed by atoms with van der Waals surface area (Å²) in [4.78, 5) is 4.04. The first-order chi connectivity index (χ1) is 14.9. The molecule has 1 saturated heterocycles. The van der Waals surface area contributed by atoms with Crippen molar-refractivity contribution in [3.63, 3.8) is 0 Å². The Labute approximate surface area is 181 Å². The molecule has 12 heteroatoms. The van der Waals surface area contributed by atoms with Crippen molar-refractivity contribution in [3.05, 3.63) is 76.0 Å². The van der Waals surface area contributed by atoms with Crippen molar-refractivity contribution in [3.8, 4) is 5.75 Å². The number of hydrogen-bond donors (Lipinski definition) is 0. The maximum Gasteiger partial charge on any atom is 0.353 e. The lowest BCUT2D eigenvalue weighted by Gasteiger charge is -2.30. The summed E-state index contributed by atoms with van der Waals surface area (Å²) >= 11 is -0.266. The van der Waals surface area contributed by atoms with Crippen LogP contribution >= 0.6 is 12.0 Å². The Morgan fingerprint density at radius 3 is 2.23 bits per heavy atom. The van der Waals surface area contributed by atoms with Gasteiger partial charge in [0.25, 0.3) is 0 Å². The highest BCUT2D eigenvalue weighted by atomic mass is 32.3. The number of hydrogen-bond acceptors (Lipinski definition) is 9. The second-order valence-corrected chi connectivity index (χ2v) is 8.60. The molecule has 0 aromatic heterocycles. The highest BCUT2D eigenvalue weighted by Crippen LogP contribution is 2.33. The molecule has 0 saturated carbocycles. The SMILES string of the molecule is COOOSC(=C(F)F)S(=O)(=O)Oc1ccc(C2OCC(c3ccccc3)CO2)cc1. The average Bonchev–Trinajstić information content (AvgIpc) is 2.77. The minimum atomic E-state index is -4.86. The first kappa shape index (κ1) is 23.6. The highest BCUT2D eigenvalue weighted by Gasteiger charge is 2.29. The minimum absolute atomic E-state index is 0.104. The van der Waals surface area contributed by atoms with Gasteiger partial charge in [-0.05, 0) is 17.7 Å². The molecule has 3 rings (SSSR count). The third-order valence-corrected chi connectivity index (χ3v) is 6.38. The van der Waals surface area contributed by atoms with Crippen LogP contribution in [0.4, 0.5) is 8.78 Å². The van der Waals surface area contributed by atoms with Crippen molar-refractivity contribution in [1.29, 1.82) is 0 Å². The van der Waals surface area contributed by atoms with Gasteiger partial charge in [0.1, 0.15) is 5.75 Å². The number of benzene rings is 2. The van der Waals surface area contributed by atoms with Crippen LogP contribution in [0.5, 0.6) is 5.75 Å². The molecule has 0 unspecified atom stereocenters. The van der Waals surface area contributed by atoms with Gasteiger partial charge < -0.3 is 13.7 Å².